The van der Waals surface area contributed by atoms with Gasteiger partial charge in [-0.15, -0.1) is 11.3 Å². The molecular formula is C25H22N2OS. The van der Waals surface area contributed by atoms with Gasteiger partial charge < -0.3 is 0 Å². The summed E-state index contributed by atoms with van der Waals surface area (Å²) in [4.78, 5) is 19.1. The van der Waals surface area contributed by atoms with Gasteiger partial charge >= 0.3 is 0 Å². The molecule has 0 saturated heterocycles. The zero-order chi connectivity index (χ0) is 20.4. The van der Waals surface area contributed by atoms with Crippen LogP contribution in [0.15, 0.2) is 83.2 Å². The number of thiazole rings is 1. The van der Waals surface area contributed by atoms with E-state index >= 15 is 0 Å². The topological polar surface area (TPSA) is 34.4 Å². The third-order valence-corrected chi connectivity index (χ3v) is 5.75. The first-order valence-electron chi connectivity index (χ1n) is 9.53. The first-order chi connectivity index (χ1) is 14.0. The predicted molar refractivity (Wildman–Crippen MR) is 120 cm³/mol. The number of carbonyl (C=O) groups is 1. The molecule has 3 nitrogen and oxygen atoms in total. The average molecular weight is 399 g/mol. The highest BCUT2D eigenvalue weighted by molar-refractivity contribution is 7.07. The second kappa shape index (κ2) is 8.02. The molecule has 4 aromatic rings. The predicted octanol–water partition coefficient (Wildman–Crippen LogP) is 6.06. The Balaban J connectivity index is 1.96. The maximum absolute atomic E-state index is 13.6. The maximum Gasteiger partial charge on any atom is 0.264 e. The smallest absolute Gasteiger partial charge is 0.264 e. The monoisotopic (exact) mass is 398 g/mol. The summed E-state index contributed by atoms with van der Waals surface area (Å²) in [6.07, 6.45) is 0. The fraction of sp³-hybridized carbons (Fsp3) is 0.120. The lowest BCUT2D eigenvalue weighted by atomic mass is 10.1. The summed E-state index contributed by atoms with van der Waals surface area (Å²) in [6, 6.07) is 23.8. The van der Waals surface area contributed by atoms with E-state index in [0.29, 0.717) is 10.4 Å². The van der Waals surface area contributed by atoms with Crippen LogP contribution in [-0.2, 0) is 0 Å². The van der Waals surface area contributed by atoms with Crippen LogP contribution >= 0.6 is 11.3 Å². The Kier molecular flexibility index (Phi) is 5.28. The Morgan fingerprint density at radius 3 is 2.31 bits per heavy atom. The summed E-state index contributed by atoms with van der Waals surface area (Å²) in [7, 11) is 0. The molecule has 0 saturated carbocycles. The lowest BCUT2D eigenvalue weighted by molar-refractivity contribution is 0.0958. The molecule has 0 radical (unpaired) electrons. The molecule has 0 unspecified atom stereocenters. The summed E-state index contributed by atoms with van der Waals surface area (Å²) < 4.78 is 1.74. The number of nitrogens with zero attached hydrogens (tertiary/aromatic N) is 2. The molecule has 1 heterocycles. The lowest BCUT2D eigenvalue weighted by Crippen LogP contribution is -2.25. The molecule has 0 amide bonds. The summed E-state index contributed by atoms with van der Waals surface area (Å²) in [5.74, 6) is -0.0632. The number of rotatable bonds is 3. The van der Waals surface area contributed by atoms with Crippen LogP contribution in [0, 0.1) is 20.8 Å². The third kappa shape index (κ3) is 3.84. The summed E-state index contributed by atoms with van der Waals surface area (Å²) >= 11 is 1.48. The van der Waals surface area contributed by atoms with Crippen molar-refractivity contribution in [3.8, 4) is 11.3 Å². The van der Waals surface area contributed by atoms with E-state index in [1.807, 2.05) is 86.0 Å². The van der Waals surface area contributed by atoms with Gasteiger partial charge in [-0.05, 0) is 49.6 Å². The summed E-state index contributed by atoms with van der Waals surface area (Å²) in [5.41, 5.74) is 6.65. The van der Waals surface area contributed by atoms with E-state index in [9.17, 15) is 4.79 Å². The quantitative estimate of drug-likeness (QED) is 0.413. The van der Waals surface area contributed by atoms with Gasteiger partial charge in [0.2, 0.25) is 0 Å². The van der Waals surface area contributed by atoms with E-state index in [1.54, 1.807) is 4.57 Å². The molecule has 4 rings (SSSR count). The fourth-order valence-electron chi connectivity index (χ4n) is 3.36. The molecule has 29 heavy (non-hydrogen) atoms. The van der Waals surface area contributed by atoms with Gasteiger partial charge in [0, 0.05) is 10.9 Å². The van der Waals surface area contributed by atoms with Crippen molar-refractivity contribution in [3.05, 3.63) is 105 Å². The molecule has 0 N–H and O–H groups in total. The van der Waals surface area contributed by atoms with E-state index < -0.39 is 0 Å². The number of hydrogen-bond acceptors (Lipinski definition) is 3. The molecule has 144 valence electrons. The van der Waals surface area contributed by atoms with Crippen molar-refractivity contribution in [1.82, 2.24) is 4.57 Å². The molecule has 0 fully saturated rings. The number of benzene rings is 3. The van der Waals surface area contributed by atoms with Crippen molar-refractivity contribution in [1.29, 1.82) is 0 Å². The van der Waals surface area contributed by atoms with Gasteiger partial charge in [-0.25, -0.2) is 4.99 Å². The van der Waals surface area contributed by atoms with Crippen LogP contribution < -0.4 is 4.80 Å². The van der Waals surface area contributed by atoms with Gasteiger partial charge in [0.25, 0.3) is 5.91 Å². The van der Waals surface area contributed by atoms with Crippen molar-refractivity contribution in [2.24, 2.45) is 4.99 Å². The van der Waals surface area contributed by atoms with Crippen molar-refractivity contribution in [2.45, 2.75) is 20.8 Å². The second-order valence-electron chi connectivity index (χ2n) is 7.13. The highest BCUT2D eigenvalue weighted by Gasteiger charge is 2.18. The van der Waals surface area contributed by atoms with Crippen LogP contribution in [0.4, 0.5) is 5.69 Å². The van der Waals surface area contributed by atoms with E-state index in [1.165, 1.54) is 16.9 Å². The fourth-order valence-corrected chi connectivity index (χ4v) is 4.26. The van der Waals surface area contributed by atoms with Crippen molar-refractivity contribution in [3.63, 3.8) is 0 Å². The van der Waals surface area contributed by atoms with Gasteiger partial charge in [0.15, 0.2) is 4.80 Å². The minimum Gasteiger partial charge on any atom is -0.268 e. The third-order valence-electron chi connectivity index (χ3n) is 4.92. The van der Waals surface area contributed by atoms with E-state index in [-0.39, 0.29) is 5.91 Å². The first kappa shape index (κ1) is 19.1. The van der Waals surface area contributed by atoms with Gasteiger partial charge in [-0.3, -0.25) is 9.36 Å². The number of aryl methyl sites for hydroxylation is 3. The molecule has 0 aliphatic carbocycles. The lowest BCUT2D eigenvalue weighted by Gasteiger charge is -2.10. The Morgan fingerprint density at radius 1 is 0.862 bits per heavy atom. The Labute approximate surface area is 174 Å². The largest absolute Gasteiger partial charge is 0.268 e. The SMILES string of the molecule is Cc1ccc(N=c2scc(-c3ccccc3)n2C(=O)c2ccccc2C)c(C)c1. The van der Waals surface area contributed by atoms with Gasteiger partial charge in [-0.2, -0.15) is 0 Å². The molecule has 0 bridgehead atoms. The zero-order valence-electron chi connectivity index (χ0n) is 16.7. The highest BCUT2D eigenvalue weighted by Crippen LogP contribution is 2.24. The van der Waals surface area contributed by atoms with E-state index in [4.69, 9.17) is 4.99 Å². The maximum atomic E-state index is 13.6. The Morgan fingerprint density at radius 2 is 1.59 bits per heavy atom. The number of hydrogen-bond donors (Lipinski definition) is 0. The number of carbonyl (C=O) groups excluding carboxylic acids is 1. The molecule has 4 heteroatoms. The minimum atomic E-state index is -0.0632. The van der Waals surface area contributed by atoms with Crippen molar-refractivity contribution >= 4 is 22.9 Å². The first-order valence-corrected chi connectivity index (χ1v) is 10.4. The van der Waals surface area contributed by atoms with Crippen LogP contribution in [0.2, 0.25) is 0 Å². The molecule has 1 aromatic heterocycles. The molecule has 3 aromatic carbocycles. The van der Waals surface area contributed by atoms with Crippen LogP contribution in [0.1, 0.15) is 27.0 Å². The van der Waals surface area contributed by atoms with E-state index in [0.717, 1.165) is 28.1 Å². The molecule has 0 aliphatic heterocycles. The summed E-state index contributed by atoms with van der Waals surface area (Å²) in [5, 5.41) is 2.01. The molecular weight excluding hydrogens is 376 g/mol. The van der Waals surface area contributed by atoms with Crippen LogP contribution in [-0.4, -0.2) is 10.5 Å². The normalized spacial score (nSPS) is 11.6. The zero-order valence-corrected chi connectivity index (χ0v) is 17.5. The van der Waals surface area contributed by atoms with Crippen LogP contribution in [0.3, 0.4) is 0 Å². The van der Waals surface area contributed by atoms with Crippen LogP contribution in [0.5, 0.6) is 0 Å². The van der Waals surface area contributed by atoms with Crippen molar-refractivity contribution < 1.29 is 4.79 Å². The average Bonchev–Trinajstić information content (AvgIpc) is 3.14. The van der Waals surface area contributed by atoms with Crippen molar-refractivity contribution in [2.75, 3.05) is 0 Å². The number of aromatic nitrogens is 1. The molecule has 0 atom stereocenters. The highest BCUT2D eigenvalue weighted by atomic mass is 32.1. The van der Waals surface area contributed by atoms with Gasteiger partial charge in [-0.1, -0.05) is 66.2 Å². The van der Waals surface area contributed by atoms with E-state index in [2.05, 4.69) is 13.0 Å². The Hall–Kier alpha value is -3.24. The van der Waals surface area contributed by atoms with Gasteiger partial charge in [0.05, 0.1) is 11.4 Å². The minimum absolute atomic E-state index is 0.0632. The Bertz CT molecular complexity index is 1250. The van der Waals surface area contributed by atoms with Gasteiger partial charge in [0.1, 0.15) is 0 Å². The van der Waals surface area contributed by atoms with Crippen LogP contribution in [0.25, 0.3) is 11.3 Å². The molecule has 0 aliphatic rings. The second-order valence-corrected chi connectivity index (χ2v) is 7.96. The standard InChI is InChI=1S/C25H22N2OS/c1-17-13-14-22(19(3)15-17)26-25-27(24(28)21-12-8-7-9-18(21)2)23(16-29-25)20-10-5-4-6-11-20/h4-16H,1-3H3. The molecule has 0 spiro atoms. The summed E-state index contributed by atoms with van der Waals surface area (Å²) in [6.45, 7) is 6.08.